The number of thiol groups is 1. The first kappa shape index (κ1) is 23.7. The highest BCUT2D eigenvalue weighted by Crippen LogP contribution is 2.31. The first-order chi connectivity index (χ1) is 13.8. The molecule has 0 spiro atoms. The van der Waals surface area contributed by atoms with Gasteiger partial charge in [0.1, 0.15) is 27.9 Å². The molecular weight excluding hydrogens is 425 g/mol. The lowest BCUT2D eigenvalue weighted by molar-refractivity contribution is -0.301. The molecule has 0 aliphatic heterocycles. The van der Waals surface area contributed by atoms with Crippen molar-refractivity contribution >= 4 is 16.7 Å². The minimum absolute atomic E-state index is 0.128. The van der Waals surface area contributed by atoms with E-state index >= 15 is 0 Å². The minimum atomic E-state index is -4.68. The number of carbonyl (C=O) groups excluding carboxylic acids is 1. The van der Waals surface area contributed by atoms with E-state index < -0.39 is 39.8 Å². The molecule has 0 atom stereocenters. The Morgan fingerprint density at radius 3 is 2.43 bits per heavy atom. The summed E-state index contributed by atoms with van der Waals surface area (Å²) < 4.78 is 61.4. The van der Waals surface area contributed by atoms with E-state index in [9.17, 15) is 26.4 Å². The van der Waals surface area contributed by atoms with Gasteiger partial charge in [-0.15, -0.1) is 0 Å². The standard InChI is InChI=1S/C19H21F3N2O5S/c1-18(2,3)29-28-17(25)13-6-4-5-12(9-13)7-8-15-14(19(20,21)22)10-23-16(24-15)11-30(26)27/h4-6,9-10,30H,7-8,11H2,1-3H3. The third-order valence-electron chi connectivity index (χ3n) is 3.67. The zero-order chi connectivity index (χ0) is 22.5. The number of carbonyl (C=O) groups is 1. The van der Waals surface area contributed by atoms with E-state index in [2.05, 4.69) is 9.97 Å². The number of hydrogen-bond donors (Lipinski definition) is 1. The average Bonchev–Trinajstić information content (AvgIpc) is 2.62. The molecule has 0 radical (unpaired) electrons. The summed E-state index contributed by atoms with van der Waals surface area (Å²) in [6.45, 7) is 5.11. The SMILES string of the molecule is CC(C)(C)OOC(=O)c1cccc(CCc2nc(C[SH](=O)=O)ncc2C(F)(F)F)c1. The number of aromatic nitrogens is 2. The van der Waals surface area contributed by atoms with E-state index in [1.54, 1.807) is 32.9 Å². The fourth-order valence-electron chi connectivity index (χ4n) is 2.40. The molecule has 11 heteroatoms. The van der Waals surface area contributed by atoms with Crippen LogP contribution in [0, 0.1) is 0 Å². The maximum absolute atomic E-state index is 13.2. The Hall–Kier alpha value is -2.53. The first-order valence-corrected chi connectivity index (χ1v) is 10.2. The van der Waals surface area contributed by atoms with Crippen molar-refractivity contribution in [3.05, 3.63) is 58.7 Å². The average molecular weight is 446 g/mol. The summed E-state index contributed by atoms with van der Waals surface area (Å²) in [5.74, 6) is -1.48. The lowest BCUT2D eigenvalue weighted by Gasteiger charge is -2.16. The van der Waals surface area contributed by atoms with Gasteiger partial charge < -0.3 is 0 Å². The molecule has 1 heterocycles. The molecule has 0 bridgehead atoms. The summed E-state index contributed by atoms with van der Waals surface area (Å²) in [6.07, 6.45) is -4.08. The van der Waals surface area contributed by atoms with Crippen LogP contribution < -0.4 is 0 Å². The highest BCUT2D eigenvalue weighted by molar-refractivity contribution is 7.71. The summed E-state index contributed by atoms with van der Waals surface area (Å²) in [5, 5.41) is 0. The summed E-state index contributed by atoms with van der Waals surface area (Å²) >= 11 is 0. The van der Waals surface area contributed by atoms with Crippen LogP contribution in [0.25, 0.3) is 0 Å². The monoisotopic (exact) mass is 446 g/mol. The fourth-order valence-corrected chi connectivity index (χ4v) is 2.79. The Labute approximate surface area is 173 Å². The van der Waals surface area contributed by atoms with Crippen LogP contribution in [-0.2, 0) is 45.3 Å². The maximum atomic E-state index is 13.2. The number of nitrogens with zero attached hydrogens (tertiary/aromatic N) is 2. The molecular formula is C19H21F3N2O5S. The summed E-state index contributed by atoms with van der Waals surface area (Å²) in [4.78, 5) is 29.1. The van der Waals surface area contributed by atoms with Crippen LogP contribution in [0.4, 0.5) is 13.2 Å². The second-order valence-corrected chi connectivity index (χ2v) is 8.38. The summed E-state index contributed by atoms with van der Waals surface area (Å²) in [6, 6.07) is 6.19. The molecule has 0 amide bonds. The first-order valence-electron chi connectivity index (χ1n) is 8.88. The molecule has 2 rings (SSSR count). The van der Waals surface area contributed by atoms with Crippen LogP contribution in [0.2, 0.25) is 0 Å². The molecule has 2 aromatic rings. The van der Waals surface area contributed by atoms with Crippen molar-refractivity contribution in [2.45, 2.75) is 51.1 Å². The van der Waals surface area contributed by atoms with Crippen molar-refractivity contribution in [3.8, 4) is 0 Å². The van der Waals surface area contributed by atoms with E-state index in [0.29, 0.717) is 11.8 Å². The van der Waals surface area contributed by atoms with E-state index in [0.717, 1.165) is 0 Å². The van der Waals surface area contributed by atoms with Gasteiger partial charge in [0.05, 0.1) is 16.8 Å². The molecule has 0 saturated carbocycles. The molecule has 0 fully saturated rings. The van der Waals surface area contributed by atoms with E-state index in [1.165, 1.54) is 12.1 Å². The number of halogens is 3. The van der Waals surface area contributed by atoms with Crippen molar-refractivity contribution in [2.24, 2.45) is 0 Å². The lowest BCUT2D eigenvalue weighted by Crippen LogP contribution is -2.22. The zero-order valence-electron chi connectivity index (χ0n) is 16.5. The van der Waals surface area contributed by atoms with Gasteiger partial charge in [-0.05, 0) is 51.3 Å². The number of aryl methyl sites for hydroxylation is 2. The topological polar surface area (TPSA) is 95.5 Å². The lowest BCUT2D eigenvalue weighted by atomic mass is 10.0. The van der Waals surface area contributed by atoms with Gasteiger partial charge >= 0.3 is 12.1 Å². The van der Waals surface area contributed by atoms with Crippen LogP contribution >= 0.6 is 0 Å². The van der Waals surface area contributed by atoms with Crippen LogP contribution in [0.1, 0.15) is 53.8 Å². The summed E-state index contributed by atoms with van der Waals surface area (Å²) in [7, 11) is -2.87. The van der Waals surface area contributed by atoms with Gasteiger partial charge in [-0.3, -0.25) is 4.89 Å². The zero-order valence-corrected chi connectivity index (χ0v) is 17.4. The quantitative estimate of drug-likeness (QED) is 0.396. The maximum Gasteiger partial charge on any atom is 0.419 e. The molecule has 0 aliphatic carbocycles. The number of alkyl halides is 3. The van der Waals surface area contributed by atoms with Gasteiger partial charge in [0, 0.05) is 6.20 Å². The molecule has 0 saturated heterocycles. The molecule has 1 aromatic carbocycles. The Morgan fingerprint density at radius 1 is 1.13 bits per heavy atom. The van der Waals surface area contributed by atoms with Crippen molar-refractivity contribution in [1.29, 1.82) is 0 Å². The molecule has 0 unspecified atom stereocenters. The molecule has 7 nitrogen and oxygen atoms in total. The number of hydrogen-bond acceptors (Lipinski definition) is 7. The highest BCUT2D eigenvalue weighted by Gasteiger charge is 2.34. The second kappa shape index (κ2) is 9.52. The largest absolute Gasteiger partial charge is 0.419 e. The van der Waals surface area contributed by atoms with Gasteiger partial charge in [0.25, 0.3) is 0 Å². The Bertz CT molecular complexity index is 977. The Kier molecular flexibility index (Phi) is 7.54. The van der Waals surface area contributed by atoms with E-state index in [4.69, 9.17) is 9.78 Å². The van der Waals surface area contributed by atoms with Crippen LogP contribution in [0.15, 0.2) is 30.5 Å². The van der Waals surface area contributed by atoms with Crippen molar-refractivity contribution < 1.29 is 36.2 Å². The van der Waals surface area contributed by atoms with Gasteiger partial charge in [-0.1, -0.05) is 12.1 Å². The van der Waals surface area contributed by atoms with E-state index in [-0.39, 0.29) is 29.9 Å². The number of benzene rings is 1. The number of rotatable bonds is 7. The van der Waals surface area contributed by atoms with Crippen LogP contribution in [-0.4, -0.2) is 30.0 Å². The Morgan fingerprint density at radius 2 is 1.83 bits per heavy atom. The summed E-state index contributed by atoms with van der Waals surface area (Å²) in [5.41, 5.74) is -1.28. The molecule has 164 valence electrons. The van der Waals surface area contributed by atoms with Crippen molar-refractivity contribution in [1.82, 2.24) is 9.97 Å². The van der Waals surface area contributed by atoms with E-state index in [1.807, 2.05) is 0 Å². The van der Waals surface area contributed by atoms with Gasteiger partial charge in [-0.25, -0.2) is 23.2 Å². The third kappa shape index (κ3) is 7.38. The predicted octanol–water partition coefficient (Wildman–Crippen LogP) is 3.28. The van der Waals surface area contributed by atoms with Gasteiger partial charge in [-0.2, -0.15) is 18.1 Å². The molecule has 0 N–H and O–H groups in total. The molecule has 1 aromatic heterocycles. The third-order valence-corrected chi connectivity index (χ3v) is 4.22. The minimum Gasteiger partial charge on any atom is -0.292 e. The van der Waals surface area contributed by atoms with Crippen molar-refractivity contribution in [2.75, 3.05) is 0 Å². The fraction of sp³-hybridized carbons (Fsp3) is 0.421. The van der Waals surface area contributed by atoms with Crippen molar-refractivity contribution in [3.63, 3.8) is 0 Å². The Balaban J connectivity index is 2.19. The van der Waals surface area contributed by atoms with Crippen LogP contribution in [0.3, 0.4) is 0 Å². The smallest absolute Gasteiger partial charge is 0.292 e. The van der Waals surface area contributed by atoms with Gasteiger partial charge in [0.15, 0.2) is 0 Å². The second-order valence-electron chi connectivity index (χ2n) is 7.40. The predicted molar refractivity (Wildman–Crippen MR) is 101 cm³/mol. The normalized spacial score (nSPS) is 12.2. The van der Waals surface area contributed by atoms with Gasteiger partial charge in [0.2, 0.25) is 0 Å². The van der Waals surface area contributed by atoms with Crippen LogP contribution in [0.5, 0.6) is 0 Å². The molecule has 0 aliphatic rings. The molecule has 30 heavy (non-hydrogen) atoms. The highest BCUT2D eigenvalue weighted by atomic mass is 32.2.